The van der Waals surface area contributed by atoms with Crippen molar-refractivity contribution in [2.24, 2.45) is 17.6 Å². The third kappa shape index (κ3) is 4.26. The van der Waals surface area contributed by atoms with Gasteiger partial charge in [-0.3, -0.25) is 14.6 Å². The van der Waals surface area contributed by atoms with Crippen LogP contribution in [0.15, 0.2) is 48.8 Å². The van der Waals surface area contributed by atoms with Gasteiger partial charge < -0.3 is 16.4 Å². The first-order chi connectivity index (χ1) is 12.7. The van der Waals surface area contributed by atoms with Crippen LogP contribution in [0.25, 0.3) is 0 Å². The quantitative estimate of drug-likeness (QED) is 0.743. The van der Waals surface area contributed by atoms with Crippen LogP contribution >= 0.6 is 0 Å². The lowest BCUT2D eigenvalue weighted by molar-refractivity contribution is -0.120. The lowest BCUT2D eigenvalue weighted by Crippen LogP contribution is -2.31. The maximum absolute atomic E-state index is 12.6. The second-order valence-corrected chi connectivity index (χ2v) is 6.61. The maximum atomic E-state index is 12.6. The summed E-state index contributed by atoms with van der Waals surface area (Å²) in [5.41, 5.74) is 7.68. The molecule has 26 heavy (non-hydrogen) atoms. The van der Waals surface area contributed by atoms with Crippen LogP contribution in [0.4, 0.5) is 5.69 Å². The molecule has 2 aromatic rings. The van der Waals surface area contributed by atoms with Gasteiger partial charge in [0, 0.05) is 24.9 Å². The highest BCUT2D eigenvalue weighted by Gasteiger charge is 2.32. The van der Waals surface area contributed by atoms with Gasteiger partial charge in [-0.25, -0.2) is 0 Å². The van der Waals surface area contributed by atoms with Crippen molar-refractivity contribution in [3.05, 3.63) is 59.9 Å². The fourth-order valence-corrected chi connectivity index (χ4v) is 3.46. The number of nitrogens with zero attached hydrogens (tertiary/aromatic N) is 1. The van der Waals surface area contributed by atoms with E-state index < -0.39 is 0 Å². The highest BCUT2D eigenvalue weighted by atomic mass is 16.2. The van der Waals surface area contributed by atoms with E-state index in [1.807, 2.05) is 18.2 Å². The molecule has 0 unspecified atom stereocenters. The van der Waals surface area contributed by atoms with E-state index in [-0.39, 0.29) is 23.7 Å². The van der Waals surface area contributed by atoms with Crippen molar-refractivity contribution in [3.63, 3.8) is 0 Å². The Bertz CT molecular complexity index is 763. The van der Waals surface area contributed by atoms with Crippen molar-refractivity contribution in [2.75, 3.05) is 11.9 Å². The number of nitrogens with one attached hydrogen (secondary N) is 2. The molecule has 6 heteroatoms. The number of anilines is 1. The van der Waals surface area contributed by atoms with E-state index in [4.69, 9.17) is 5.73 Å². The molecule has 1 aliphatic carbocycles. The summed E-state index contributed by atoms with van der Waals surface area (Å²) >= 11 is 0. The summed E-state index contributed by atoms with van der Waals surface area (Å²) in [4.78, 5) is 29.2. The van der Waals surface area contributed by atoms with E-state index in [2.05, 4.69) is 15.6 Å². The molecule has 1 saturated carbocycles. The number of rotatable bonds is 6. The normalized spacial score (nSPS) is 19.1. The van der Waals surface area contributed by atoms with Gasteiger partial charge in [0.15, 0.2) is 0 Å². The van der Waals surface area contributed by atoms with Gasteiger partial charge in [-0.05, 0) is 49.1 Å². The molecule has 136 valence electrons. The van der Waals surface area contributed by atoms with Gasteiger partial charge in [0.2, 0.25) is 5.91 Å². The van der Waals surface area contributed by atoms with Crippen molar-refractivity contribution in [1.29, 1.82) is 0 Å². The number of hydrogen-bond acceptors (Lipinski definition) is 4. The summed E-state index contributed by atoms with van der Waals surface area (Å²) in [7, 11) is 0. The van der Waals surface area contributed by atoms with Crippen LogP contribution in [0, 0.1) is 11.8 Å². The number of para-hydroxylation sites is 1. The molecule has 1 aliphatic rings. The molecule has 1 fully saturated rings. The molecule has 2 atom stereocenters. The standard InChI is InChI=1S/C20H24N4O2/c21-11-15-6-3-8-16(15)20(26)24-18-9-2-1-7-17(18)19(25)23-13-14-5-4-10-22-12-14/h1-2,4-5,7,9-10,12,15-16H,3,6,8,11,13,21H2,(H,23,25)(H,24,26)/t15-,16-/m1/s1. The zero-order valence-electron chi connectivity index (χ0n) is 14.7. The van der Waals surface area contributed by atoms with E-state index in [1.54, 1.807) is 30.6 Å². The molecule has 0 aliphatic heterocycles. The monoisotopic (exact) mass is 352 g/mol. The predicted molar refractivity (Wildman–Crippen MR) is 100 cm³/mol. The maximum Gasteiger partial charge on any atom is 0.253 e. The van der Waals surface area contributed by atoms with E-state index in [1.165, 1.54) is 0 Å². The van der Waals surface area contributed by atoms with Crippen molar-refractivity contribution in [1.82, 2.24) is 10.3 Å². The van der Waals surface area contributed by atoms with Gasteiger partial charge in [0.1, 0.15) is 0 Å². The van der Waals surface area contributed by atoms with E-state index in [9.17, 15) is 9.59 Å². The van der Waals surface area contributed by atoms with Crippen LogP contribution in [-0.4, -0.2) is 23.3 Å². The minimum atomic E-state index is -0.230. The zero-order chi connectivity index (χ0) is 18.4. The van der Waals surface area contributed by atoms with E-state index >= 15 is 0 Å². The van der Waals surface area contributed by atoms with Gasteiger partial charge in [0.05, 0.1) is 11.3 Å². The molecule has 0 bridgehead atoms. The SMILES string of the molecule is NC[C@H]1CCC[C@H]1C(=O)Nc1ccccc1C(=O)NCc1cccnc1. The second-order valence-electron chi connectivity index (χ2n) is 6.61. The van der Waals surface area contributed by atoms with Crippen molar-refractivity contribution < 1.29 is 9.59 Å². The van der Waals surface area contributed by atoms with Gasteiger partial charge in [-0.1, -0.05) is 24.6 Å². The first-order valence-corrected chi connectivity index (χ1v) is 8.96. The number of hydrogen-bond donors (Lipinski definition) is 3. The molecule has 0 radical (unpaired) electrons. The van der Waals surface area contributed by atoms with Crippen LogP contribution in [-0.2, 0) is 11.3 Å². The molecule has 6 nitrogen and oxygen atoms in total. The summed E-state index contributed by atoms with van der Waals surface area (Å²) < 4.78 is 0. The molecule has 1 aromatic carbocycles. The van der Waals surface area contributed by atoms with Crippen LogP contribution in [0.5, 0.6) is 0 Å². The zero-order valence-corrected chi connectivity index (χ0v) is 14.7. The van der Waals surface area contributed by atoms with Gasteiger partial charge in [-0.2, -0.15) is 0 Å². The summed E-state index contributed by atoms with van der Waals surface area (Å²) in [6.45, 7) is 0.901. The summed E-state index contributed by atoms with van der Waals surface area (Å²) in [5.74, 6) is -0.134. The predicted octanol–water partition coefficient (Wildman–Crippen LogP) is 2.33. The van der Waals surface area contributed by atoms with Crippen LogP contribution in [0.2, 0.25) is 0 Å². The summed E-state index contributed by atoms with van der Waals surface area (Å²) in [6.07, 6.45) is 6.26. The van der Waals surface area contributed by atoms with Crippen LogP contribution < -0.4 is 16.4 Å². The topological polar surface area (TPSA) is 97.1 Å². The van der Waals surface area contributed by atoms with Crippen LogP contribution in [0.1, 0.15) is 35.2 Å². The Morgan fingerprint density at radius 3 is 2.77 bits per heavy atom. The van der Waals surface area contributed by atoms with E-state index in [0.717, 1.165) is 24.8 Å². The van der Waals surface area contributed by atoms with Gasteiger partial charge in [-0.15, -0.1) is 0 Å². The average molecular weight is 352 g/mol. The summed E-state index contributed by atoms with van der Waals surface area (Å²) in [6, 6.07) is 10.8. The number of carbonyl (C=O) groups is 2. The highest BCUT2D eigenvalue weighted by Crippen LogP contribution is 2.32. The molecule has 2 amide bonds. The van der Waals surface area contributed by atoms with Gasteiger partial charge in [0.25, 0.3) is 5.91 Å². The first kappa shape index (κ1) is 18.1. The Morgan fingerprint density at radius 1 is 1.15 bits per heavy atom. The Balaban J connectivity index is 1.67. The molecule has 1 aromatic heterocycles. The van der Waals surface area contributed by atoms with Crippen LogP contribution in [0.3, 0.4) is 0 Å². The Hall–Kier alpha value is -2.73. The molecule has 3 rings (SSSR count). The molecule has 1 heterocycles. The average Bonchev–Trinajstić information content (AvgIpc) is 3.16. The summed E-state index contributed by atoms with van der Waals surface area (Å²) in [5, 5.41) is 5.80. The second kappa shape index (κ2) is 8.58. The molecule has 0 saturated heterocycles. The number of pyridine rings is 1. The van der Waals surface area contributed by atoms with Gasteiger partial charge >= 0.3 is 0 Å². The molecular weight excluding hydrogens is 328 g/mol. The highest BCUT2D eigenvalue weighted by molar-refractivity contribution is 6.04. The lowest BCUT2D eigenvalue weighted by atomic mass is 9.95. The number of amides is 2. The fourth-order valence-electron chi connectivity index (χ4n) is 3.46. The number of benzene rings is 1. The minimum Gasteiger partial charge on any atom is -0.348 e. The largest absolute Gasteiger partial charge is 0.348 e. The third-order valence-electron chi connectivity index (χ3n) is 4.90. The lowest BCUT2D eigenvalue weighted by Gasteiger charge is -2.18. The smallest absolute Gasteiger partial charge is 0.253 e. The van der Waals surface area contributed by atoms with Crippen molar-refractivity contribution in [3.8, 4) is 0 Å². The Morgan fingerprint density at radius 2 is 2.00 bits per heavy atom. The fraction of sp³-hybridized carbons (Fsp3) is 0.350. The molecule has 4 N–H and O–H groups in total. The molecular formula is C20H24N4O2. The number of aromatic nitrogens is 1. The third-order valence-corrected chi connectivity index (χ3v) is 4.90. The Labute approximate surface area is 153 Å². The minimum absolute atomic E-state index is 0.0505. The van der Waals surface area contributed by atoms with Crippen molar-refractivity contribution >= 4 is 17.5 Å². The van der Waals surface area contributed by atoms with Crippen molar-refractivity contribution in [2.45, 2.75) is 25.8 Å². The first-order valence-electron chi connectivity index (χ1n) is 8.96. The number of nitrogens with two attached hydrogens (primary N) is 1. The Kier molecular flexibility index (Phi) is 5.96. The molecule has 0 spiro atoms. The number of carbonyl (C=O) groups excluding carboxylic acids is 2. The van der Waals surface area contributed by atoms with E-state index in [0.29, 0.717) is 24.3 Å².